The van der Waals surface area contributed by atoms with Gasteiger partial charge in [0.2, 0.25) is 5.91 Å². The van der Waals surface area contributed by atoms with Crippen LogP contribution in [0.4, 0.5) is 4.79 Å². The topological polar surface area (TPSA) is 100 Å². The van der Waals surface area contributed by atoms with Crippen LogP contribution in [0.2, 0.25) is 0 Å². The number of carbonyl (C=O) groups is 2. The Morgan fingerprint density at radius 2 is 1.91 bits per heavy atom. The number of likely N-dealkylation sites (tertiary alicyclic amines) is 1. The summed E-state index contributed by atoms with van der Waals surface area (Å²) in [7, 11) is 0. The average Bonchev–Trinajstić information content (AvgIpc) is 3.20. The first-order chi connectivity index (χ1) is 15.3. The molecule has 1 saturated heterocycles. The van der Waals surface area contributed by atoms with E-state index in [0.29, 0.717) is 38.0 Å². The number of amides is 2. The molecule has 1 aromatic carbocycles. The van der Waals surface area contributed by atoms with Gasteiger partial charge in [-0.1, -0.05) is 12.1 Å². The summed E-state index contributed by atoms with van der Waals surface area (Å²) >= 11 is 0. The fourth-order valence-electron chi connectivity index (χ4n) is 3.75. The number of hydrogen-bond donors (Lipinski definition) is 1. The first-order valence-corrected chi connectivity index (χ1v) is 11.0. The van der Waals surface area contributed by atoms with Crippen LogP contribution in [0.3, 0.4) is 0 Å². The fraction of sp³-hybridized carbons (Fsp3) is 0.500. The molecule has 34 heavy (non-hydrogen) atoms. The van der Waals surface area contributed by atoms with E-state index in [4.69, 9.17) is 10.00 Å². The highest BCUT2D eigenvalue weighted by atomic mass is 35.5. The summed E-state index contributed by atoms with van der Waals surface area (Å²) in [6, 6.07) is 9.08. The number of benzene rings is 1. The van der Waals surface area contributed by atoms with Gasteiger partial charge in [-0.25, -0.2) is 9.78 Å². The third-order valence-electron chi connectivity index (χ3n) is 5.35. The van der Waals surface area contributed by atoms with E-state index in [1.807, 2.05) is 37.5 Å². The van der Waals surface area contributed by atoms with Gasteiger partial charge in [-0.3, -0.25) is 9.69 Å². The third kappa shape index (κ3) is 8.23. The van der Waals surface area contributed by atoms with Crippen molar-refractivity contribution in [3.8, 4) is 6.07 Å². The fourth-order valence-corrected chi connectivity index (χ4v) is 3.75. The summed E-state index contributed by atoms with van der Waals surface area (Å²) in [6.45, 7) is 7.10. The van der Waals surface area contributed by atoms with Gasteiger partial charge in [0.1, 0.15) is 11.6 Å². The number of nitrogens with one attached hydrogen (secondary N) is 1. The van der Waals surface area contributed by atoms with Crippen LogP contribution in [0.5, 0.6) is 0 Å². The lowest BCUT2D eigenvalue weighted by molar-refractivity contribution is -0.127. The zero-order chi connectivity index (χ0) is 23.1. The number of hydrogen-bond acceptors (Lipinski definition) is 5. The lowest BCUT2D eigenvalue weighted by Crippen LogP contribution is -2.53. The van der Waals surface area contributed by atoms with Gasteiger partial charge in [0.05, 0.1) is 18.0 Å². The predicted octanol–water partition coefficient (Wildman–Crippen LogP) is 4.09. The third-order valence-corrected chi connectivity index (χ3v) is 5.35. The van der Waals surface area contributed by atoms with E-state index in [1.54, 1.807) is 29.6 Å². The van der Waals surface area contributed by atoms with Gasteiger partial charge in [0, 0.05) is 37.9 Å². The number of ether oxygens (including phenoxy) is 1. The number of imidazole rings is 1. The highest BCUT2D eigenvalue weighted by Gasteiger charge is 2.34. The average molecular weight is 510 g/mol. The molecule has 1 unspecified atom stereocenters. The van der Waals surface area contributed by atoms with Gasteiger partial charge in [-0.15, -0.1) is 24.8 Å². The molecule has 1 fully saturated rings. The Hall–Kier alpha value is -2.76. The van der Waals surface area contributed by atoms with E-state index in [-0.39, 0.29) is 30.7 Å². The molecule has 1 aliphatic heterocycles. The second kappa shape index (κ2) is 13.2. The van der Waals surface area contributed by atoms with Gasteiger partial charge < -0.3 is 14.6 Å². The molecule has 1 aliphatic rings. The minimum atomic E-state index is -0.594. The van der Waals surface area contributed by atoms with E-state index < -0.39 is 17.7 Å². The molecule has 10 heteroatoms. The number of nitrogens with zero attached hydrogens (tertiary/aromatic N) is 4. The normalized spacial score (nSPS) is 15.4. The molecule has 1 aromatic heterocycles. The monoisotopic (exact) mass is 509 g/mol. The molecular formula is C24H33Cl2N5O3. The van der Waals surface area contributed by atoms with E-state index in [1.165, 1.54) is 0 Å². The van der Waals surface area contributed by atoms with Crippen LogP contribution in [-0.2, 0) is 22.5 Å². The number of halogens is 2. The van der Waals surface area contributed by atoms with E-state index in [9.17, 15) is 9.59 Å². The SMILES string of the molecule is CC(C)(C)OC(=O)N1CCCCC1C(=O)NCCc1cncn1Cc1ccc(C#N)cc1.Cl.Cl. The molecule has 1 atom stereocenters. The molecule has 0 aliphatic carbocycles. The van der Waals surface area contributed by atoms with Gasteiger partial charge in [-0.2, -0.15) is 5.26 Å². The van der Waals surface area contributed by atoms with Gasteiger partial charge >= 0.3 is 6.09 Å². The summed E-state index contributed by atoms with van der Waals surface area (Å²) in [5.41, 5.74) is 2.11. The van der Waals surface area contributed by atoms with Crippen molar-refractivity contribution in [3.63, 3.8) is 0 Å². The summed E-state index contributed by atoms with van der Waals surface area (Å²) in [4.78, 5) is 31.2. The molecule has 8 nitrogen and oxygen atoms in total. The smallest absolute Gasteiger partial charge is 0.410 e. The summed E-state index contributed by atoms with van der Waals surface area (Å²) in [5.74, 6) is -0.145. The Morgan fingerprint density at radius 3 is 2.56 bits per heavy atom. The number of carbonyl (C=O) groups excluding carboxylic acids is 2. The zero-order valence-electron chi connectivity index (χ0n) is 19.8. The zero-order valence-corrected chi connectivity index (χ0v) is 21.5. The number of piperidine rings is 1. The van der Waals surface area contributed by atoms with Crippen molar-refractivity contribution < 1.29 is 14.3 Å². The largest absolute Gasteiger partial charge is 0.444 e. The molecule has 2 aromatic rings. The maximum atomic E-state index is 12.8. The molecule has 0 spiro atoms. The maximum Gasteiger partial charge on any atom is 0.410 e. The Labute approximate surface area is 213 Å². The van der Waals surface area contributed by atoms with Crippen molar-refractivity contribution in [1.29, 1.82) is 5.26 Å². The van der Waals surface area contributed by atoms with Crippen molar-refractivity contribution in [3.05, 3.63) is 53.6 Å². The quantitative estimate of drug-likeness (QED) is 0.631. The van der Waals surface area contributed by atoms with E-state index in [0.717, 1.165) is 24.1 Å². The minimum Gasteiger partial charge on any atom is -0.444 e. The lowest BCUT2D eigenvalue weighted by Gasteiger charge is -2.35. The van der Waals surface area contributed by atoms with Crippen molar-refractivity contribution >= 4 is 36.8 Å². The molecule has 3 rings (SSSR count). The second-order valence-corrected chi connectivity index (χ2v) is 9.05. The summed E-state index contributed by atoms with van der Waals surface area (Å²) in [6.07, 6.45) is 6.18. The van der Waals surface area contributed by atoms with Crippen molar-refractivity contribution in [2.45, 2.75) is 64.6 Å². The second-order valence-electron chi connectivity index (χ2n) is 9.05. The van der Waals surface area contributed by atoms with Crippen molar-refractivity contribution in [2.75, 3.05) is 13.1 Å². The number of aromatic nitrogens is 2. The number of rotatable bonds is 6. The number of nitriles is 1. The van der Waals surface area contributed by atoms with Crippen LogP contribution >= 0.6 is 24.8 Å². The highest BCUT2D eigenvalue weighted by molar-refractivity contribution is 5.86. The van der Waals surface area contributed by atoms with Crippen molar-refractivity contribution in [2.24, 2.45) is 0 Å². The molecule has 2 heterocycles. The molecular weight excluding hydrogens is 477 g/mol. The standard InChI is InChI=1S/C24H31N5O3.2ClH/c1-24(2,3)32-23(31)29-13-5-4-6-21(29)22(30)27-12-11-20-15-26-17-28(20)16-19-9-7-18(14-25)8-10-19;;/h7-10,15,17,21H,4-6,11-13,16H2,1-3H3,(H,27,30);2*1H. The van der Waals surface area contributed by atoms with Gasteiger partial charge in [-0.05, 0) is 57.7 Å². The van der Waals surface area contributed by atoms with Crippen LogP contribution in [0.25, 0.3) is 0 Å². The molecule has 0 saturated carbocycles. The van der Waals surface area contributed by atoms with Gasteiger partial charge in [0.15, 0.2) is 0 Å². The maximum absolute atomic E-state index is 12.8. The first-order valence-electron chi connectivity index (χ1n) is 11.0. The first kappa shape index (κ1) is 29.3. The predicted molar refractivity (Wildman–Crippen MR) is 134 cm³/mol. The van der Waals surface area contributed by atoms with E-state index >= 15 is 0 Å². The Kier molecular flexibility index (Phi) is 11.4. The van der Waals surface area contributed by atoms with Crippen molar-refractivity contribution in [1.82, 2.24) is 19.8 Å². The molecule has 0 radical (unpaired) electrons. The van der Waals surface area contributed by atoms with Crippen LogP contribution < -0.4 is 5.32 Å². The summed E-state index contributed by atoms with van der Waals surface area (Å²) in [5, 5.41) is 11.9. The highest BCUT2D eigenvalue weighted by Crippen LogP contribution is 2.20. The molecule has 0 bridgehead atoms. The summed E-state index contributed by atoms with van der Waals surface area (Å²) < 4.78 is 7.51. The Bertz CT molecular complexity index is 980. The lowest BCUT2D eigenvalue weighted by atomic mass is 10.0. The van der Waals surface area contributed by atoms with Crippen LogP contribution in [0, 0.1) is 11.3 Å². The molecule has 1 N–H and O–H groups in total. The minimum absolute atomic E-state index is 0. The van der Waals surface area contributed by atoms with Crippen LogP contribution in [-0.4, -0.2) is 51.2 Å². The Balaban J connectivity index is 0.00000289. The molecule has 186 valence electrons. The van der Waals surface area contributed by atoms with Crippen LogP contribution in [0.1, 0.15) is 56.9 Å². The Morgan fingerprint density at radius 1 is 1.21 bits per heavy atom. The van der Waals surface area contributed by atoms with Gasteiger partial charge in [0.25, 0.3) is 0 Å². The molecule has 2 amide bonds. The van der Waals surface area contributed by atoms with E-state index in [2.05, 4.69) is 16.4 Å². The van der Waals surface area contributed by atoms with Crippen LogP contribution in [0.15, 0.2) is 36.8 Å².